The van der Waals surface area contributed by atoms with Gasteiger partial charge in [-0.1, -0.05) is 51.1 Å². The molecule has 3 atom stereocenters. The van der Waals surface area contributed by atoms with E-state index in [0.717, 1.165) is 0 Å². The Morgan fingerprint density at radius 3 is 2.25 bits per heavy atom. The molecule has 2 nitrogen and oxygen atoms in total. The molecule has 1 saturated carbocycles. The van der Waals surface area contributed by atoms with Crippen molar-refractivity contribution in [1.29, 1.82) is 0 Å². The highest BCUT2D eigenvalue weighted by Crippen LogP contribution is 2.64. The first-order valence-corrected chi connectivity index (χ1v) is 5.81. The first kappa shape index (κ1) is 11.2. The quantitative estimate of drug-likeness (QED) is 0.847. The zero-order valence-electron chi connectivity index (χ0n) is 9.97. The zero-order valence-corrected chi connectivity index (χ0v) is 9.97. The Kier molecular flexibility index (Phi) is 2.53. The molecule has 0 unspecified atom stereocenters. The third-order valence-electron chi connectivity index (χ3n) is 4.15. The van der Waals surface area contributed by atoms with Crippen LogP contribution < -0.4 is 0 Å². The Balaban J connectivity index is 2.45. The molecule has 0 aromatic heterocycles. The molecule has 0 spiro atoms. The third-order valence-corrected chi connectivity index (χ3v) is 4.15. The van der Waals surface area contributed by atoms with E-state index >= 15 is 0 Å². The van der Waals surface area contributed by atoms with Gasteiger partial charge in [-0.05, 0) is 17.4 Å². The molecule has 0 saturated heterocycles. The van der Waals surface area contributed by atoms with Crippen LogP contribution in [-0.2, 0) is 10.2 Å². The number of aliphatic carboxylic acids is 1. The van der Waals surface area contributed by atoms with Gasteiger partial charge in [0.2, 0.25) is 0 Å². The minimum Gasteiger partial charge on any atom is -0.481 e. The molecule has 1 aliphatic rings. The standard InChI is InChI=1S/C14H18O2/c1-9(2)14(10(3)12(14)13(15)16)11-7-5-4-6-8-11/h4-10,12H,1-3H3,(H,15,16)/t10-,12-,14+/m0/s1. The van der Waals surface area contributed by atoms with E-state index in [0.29, 0.717) is 5.92 Å². The fourth-order valence-electron chi connectivity index (χ4n) is 3.39. The average molecular weight is 218 g/mol. The van der Waals surface area contributed by atoms with E-state index in [9.17, 15) is 9.90 Å². The van der Waals surface area contributed by atoms with E-state index in [1.807, 2.05) is 25.1 Å². The van der Waals surface area contributed by atoms with E-state index in [2.05, 4.69) is 26.0 Å². The van der Waals surface area contributed by atoms with Crippen molar-refractivity contribution in [2.75, 3.05) is 0 Å². The Morgan fingerprint density at radius 1 is 1.31 bits per heavy atom. The van der Waals surface area contributed by atoms with Gasteiger partial charge in [0.1, 0.15) is 0 Å². The van der Waals surface area contributed by atoms with Gasteiger partial charge in [-0.2, -0.15) is 0 Å². The van der Waals surface area contributed by atoms with Crippen LogP contribution in [0.1, 0.15) is 26.3 Å². The number of carboxylic acids is 1. The van der Waals surface area contributed by atoms with Gasteiger partial charge >= 0.3 is 5.97 Å². The van der Waals surface area contributed by atoms with Gasteiger partial charge < -0.3 is 5.11 Å². The van der Waals surface area contributed by atoms with Gasteiger partial charge in [0.15, 0.2) is 0 Å². The zero-order chi connectivity index (χ0) is 11.9. The summed E-state index contributed by atoms with van der Waals surface area (Å²) in [6.07, 6.45) is 0. The summed E-state index contributed by atoms with van der Waals surface area (Å²) in [6.45, 7) is 6.28. The van der Waals surface area contributed by atoms with Gasteiger partial charge in [0.25, 0.3) is 0 Å². The summed E-state index contributed by atoms with van der Waals surface area (Å²) >= 11 is 0. The summed E-state index contributed by atoms with van der Waals surface area (Å²) in [6, 6.07) is 10.1. The highest BCUT2D eigenvalue weighted by Gasteiger charge is 2.67. The minimum absolute atomic E-state index is 0.160. The third kappa shape index (κ3) is 1.29. The SMILES string of the molecule is CC(C)[C@@]1(c2ccccc2)[C@H](C(=O)O)[C@@H]1C. The van der Waals surface area contributed by atoms with E-state index in [1.54, 1.807) is 0 Å². The Hall–Kier alpha value is -1.31. The average Bonchev–Trinajstić information content (AvgIpc) is 2.87. The topological polar surface area (TPSA) is 37.3 Å². The number of carboxylic acid groups (broad SMARTS) is 1. The van der Waals surface area contributed by atoms with Gasteiger partial charge in [0.05, 0.1) is 5.92 Å². The van der Waals surface area contributed by atoms with E-state index < -0.39 is 5.97 Å². The normalized spacial score (nSPS) is 32.8. The van der Waals surface area contributed by atoms with Gasteiger partial charge in [-0.3, -0.25) is 4.79 Å². The Morgan fingerprint density at radius 2 is 1.88 bits per heavy atom. The van der Waals surface area contributed by atoms with Crippen LogP contribution in [0.5, 0.6) is 0 Å². The van der Waals surface area contributed by atoms with Crippen molar-refractivity contribution in [3.05, 3.63) is 35.9 Å². The van der Waals surface area contributed by atoms with Crippen LogP contribution >= 0.6 is 0 Å². The molecule has 0 heterocycles. The van der Waals surface area contributed by atoms with Crippen LogP contribution in [0, 0.1) is 17.8 Å². The van der Waals surface area contributed by atoms with E-state index in [1.165, 1.54) is 5.56 Å². The molecular weight excluding hydrogens is 200 g/mol. The maximum Gasteiger partial charge on any atom is 0.307 e. The molecule has 0 amide bonds. The van der Waals surface area contributed by atoms with Crippen molar-refractivity contribution in [3.8, 4) is 0 Å². The number of hydrogen-bond acceptors (Lipinski definition) is 1. The van der Waals surface area contributed by atoms with Crippen molar-refractivity contribution in [2.45, 2.75) is 26.2 Å². The minimum atomic E-state index is -0.662. The summed E-state index contributed by atoms with van der Waals surface area (Å²) < 4.78 is 0. The molecule has 2 heteroatoms. The van der Waals surface area contributed by atoms with Crippen molar-refractivity contribution in [2.24, 2.45) is 17.8 Å². The number of benzene rings is 1. The molecule has 1 aliphatic carbocycles. The van der Waals surface area contributed by atoms with Crippen LogP contribution in [-0.4, -0.2) is 11.1 Å². The fraction of sp³-hybridized carbons (Fsp3) is 0.500. The molecule has 0 radical (unpaired) electrons. The number of hydrogen-bond donors (Lipinski definition) is 1. The van der Waals surface area contributed by atoms with Crippen LogP contribution in [0.15, 0.2) is 30.3 Å². The lowest BCUT2D eigenvalue weighted by Gasteiger charge is -2.22. The molecule has 1 aromatic carbocycles. The first-order chi connectivity index (χ1) is 7.52. The van der Waals surface area contributed by atoms with Crippen LogP contribution in [0.25, 0.3) is 0 Å². The second kappa shape index (κ2) is 3.62. The lowest BCUT2D eigenvalue weighted by Crippen LogP contribution is -2.22. The van der Waals surface area contributed by atoms with Gasteiger partial charge in [-0.15, -0.1) is 0 Å². The maximum absolute atomic E-state index is 11.3. The molecule has 0 aliphatic heterocycles. The second-order valence-corrected chi connectivity index (χ2v) is 5.06. The maximum atomic E-state index is 11.3. The molecule has 0 bridgehead atoms. The molecule has 1 N–H and O–H groups in total. The number of rotatable bonds is 3. The van der Waals surface area contributed by atoms with Crippen molar-refractivity contribution in [1.82, 2.24) is 0 Å². The molecular formula is C14H18O2. The molecule has 1 aromatic rings. The van der Waals surface area contributed by atoms with Crippen LogP contribution in [0.3, 0.4) is 0 Å². The van der Waals surface area contributed by atoms with Crippen LogP contribution in [0.2, 0.25) is 0 Å². The lowest BCUT2D eigenvalue weighted by molar-refractivity contribution is -0.139. The Labute approximate surface area is 96.3 Å². The van der Waals surface area contributed by atoms with Crippen molar-refractivity contribution in [3.63, 3.8) is 0 Å². The lowest BCUT2D eigenvalue weighted by atomic mass is 9.81. The molecule has 86 valence electrons. The van der Waals surface area contributed by atoms with Gasteiger partial charge in [-0.25, -0.2) is 0 Å². The van der Waals surface area contributed by atoms with Crippen molar-refractivity contribution < 1.29 is 9.90 Å². The first-order valence-electron chi connectivity index (χ1n) is 5.81. The summed E-state index contributed by atoms with van der Waals surface area (Å²) in [5, 5.41) is 9.27. The Bertz CT molecular complexity index is 396. The van der Waals surface area contributed by atoms with Crippen LogP contribution in [0.4, 0.5) is 0 Å². The second-order valence-electron chi connectivity index (χ2n) is 5.06. The predicted molar refractivity (Wildman–Crippen MR) is 63.2 cm³/mol. The largest absolute Gasteiger partial charge is 0.481 e. The van der Waals surface area contributed by atoms with E-state index in [-0.39, 0.29) is 17.3 Å². The highest BCUT2D eigenvalue weighted by atomic mass is 16.4. The predicted octanol–water partition coefficient (Wildman–Crippen LogP) is 2.93. The summed E-state index contributed by atoms with van der Waals surface area (Å²) in [5.41, 5.74) is 1.01. The smallest absolute Gasteiger partial charge is 0.307 e. The monoisotopic (exact) mass is 218 g/mol. The summed E-state index contributed by atoms with van der Waals surface area (Å²) in [7, 11) is 0. The highest BCUT2D eigenvalue weighted by molar-refractivity contribution is 5.78. The van der Waals surface area contributed by atoms with Crippen molar-refractivity contribution >= 4 is 5.97 Å². The van der Waals surface area contributed by atoms with Gasteiger partial charge in [0, 0.05) is 5.41 Å². The van der Waals surface area contributed by atoms with E-state index in [4.69, 9.17) is 0 Å². The molecule has 1 fully saturated rings. The number of carbonyl (C=O) groups is 1. The molecule has 16 heavy (non-hydrogen) atoms. The molecule has 2 rings (SSSR count). The summed E-state index contributed by atoms with van der Waals surface area (Å²) in [4.78, 5) is 11.3. The summed E-state index contributed by atoms with van der Waals surface area (Å²) in [5.74, 6) is -0.307. The fourth-order valence-corrected chi connectivity index (χ4v) is 3.39.